The lowest BCUT2D eigenvalue weighted by Gasteiger charge is -2.04. The van der Waals surface area contributed by atoms with Crippen LogP contribution in [-0.4, -0.2) is 0 Å². The first-order chi connectivity index (χ1) is 6.25. The molecule has 1 aromatic carbocycles. The maximum atomic E-state index is 5.81. The molecule has 0 radical (unpaired) electrons. The Morgan fingerprint density at radius 2 is 1.85 bits per heavy atom. The zero-order valence-corrected chi connectivity index (χ0v) is 8.25. The number of hydrogen-bond donors (Lipinski definition) is 0. The summed E-state index contributed by atoms with van der Waals surface area (Å²) in [6.45, 7) is 2.12. The van der Waals surface area contributed by atoms with Crippen LogP contribution in [0.1, 0.15) is 18.4 Å². The molecule has 0 nitrogen and oxygen atoms in total. The van der Waals surface area contributed by atoms with Gasteiger partial charge < -0.3 is 0 Å². The van der Waals surface area contributed by atoms with E-state index in [9.17, 15) is 0 Å². The Morgan fingerprint density at radius 1 is 1.15 bits per heavy atom. The van der Waals surface area contributed by atoms with Crippen LogP contribution in [0.5, 0.6) is 0 Å². The summed E-state index contributed by atoms with van der Waals surface area (Å²) in [5, 5.41) is 0.798. The Morgan fingerprint density at radius 3 is 2.38 bits per heavy atom. The molecule has 66 valence electrons. The van der Waals surface area contributed by atoms with Crippen molar-refractivity contribution in [2.75, 3.05) is 0 Å². The first kappa shape index (κ1) is 8.58. The lowest BCUT2D eigenvalue weighted by atomic mass is 10.0. The maximum absolute atomic E-state index is 5.81. The average molecular weight is 191 g/mol. The highest BCUT2D eigenvalue weighted by molar-refractivity contribution is 6.30. The van der Waals surface area contributed by atoms with E-state index in [4.69, 9.17) is 11.6 Å². The average Bonchev–Trinajstić information content (AvgIpc) is 2.53. The number of hydrogen-bond acceptors (Lipinski definition) is 0. The first-order valence-electron chi connectivity index (χ1n) is 4.38. The van der Waals surface area contributed by atoms with Crippen LogP contribution in [0.25, 0.3) is 0 Å². The second-order valence-electron chi connectivity index (χ2n) is 3.35. The minimum Gasteiger partial charge on any atom is -0.0843 e. The van der Waals surface area contributed by atoms with Crippen molar-refractivity contribution in [3.8, 4) is 0 Å². The Balaban J connectivity index is 2.28. The van der Waals surface area contributed by atoms with E-state index < -0.39 is 0 Å². The third-order valence-electron chi connectivity index (χ3n) is 2.26. The predicted molar refractivity (Wildman–Crippen MR) is 57.1 cm³/mol. The number of allylic oxidation sites excluding steroid dienone is 4. The van der Waals surface area contributed by atoms with Crippen LogP contribution in [0.2, 0.25) is 5.02 Å². The minimum absolute atomic E-state index is 0.442. The standard InChI is InChI=1S/C12H11Cl/c1-9-2-3-11(8-9)10-4-6-12(13)7-5-10/h2-8,11H,1H3. The molecule has 2 rings (SSSR count). The summed E-state index contributed by atoms with van der Waals surface area (Å²) < 4.78 is 0. The van der Waals surface area contributed by atoms with Crippen LogP contribution in [0, 0.1) is 0 Å². The molecule has 1 aromatic rings. The van der Waals surface area contributed by atoms with Gasteiger partial charge in [-0.2, -0.15) is 0 Å². The summed E-state index contributed by atoms with van der Waals surface area (Å²) in [6, 6.07) is 8.03. The second kappa shape index (κ2) is 3.39. The van der Waals surface area contributed by atoms with Crippen molar-refractivity contribution in [3.05, 3.63) is 58.7 Å². The van der Waals surface area contributed by atoms with Crippen molar-refractivity contribution in [1.82, 2.24) is 0 Å². The minimum atomic E-state index is 0.442. The number of rotatable bonds is 1. The summed E-state index contributed by atoms with van der Waals surface area (Å²) in [4.78, 5) is 0. The van der Waals surface area contributed by atoms with E-state index >= 15 is 0 Å². The molecule has 0 aliphatic heterocycles. The van der Waals surface area contributed by atoms with Gasteiger partial charge in [0.15, 0.2) is 0 Å². The van der Waals surface area contributed by atoms with E-state index in [0.717, 1.165) is 5.02 Å². The van der Waals surface area contributed by atoms with Gasteiger partial charge in [-0.25, -0.2) is 0 Å². The van der Waals surface area contributed by atoms with Crippen LogP contribution in [0.15, 0.2) is 48.1 Å². The number of halogens is 1. The Kier molecular flexibility index (Phi) is 2.24. The van der Waals surface area contributed by atoms with Gasteiger partial charge in [0.25, 0.3) is 0 Å². The summed E-state index contributed by atoms with van der Waals surface area (Å²) in [7, 11) is 0. The van der Waals surface area contributed by atoms with Crippen LogP contribution in [-0.2, 0) is 0 Å². The van der Waals surface area contributed by atoms with Crippen molar-refractivity contribution in [3.63, 3.8) is 0 Å². The SMILES string of the molecule is CC1=CC(c2ccc(Cl)cc2)C=C1. The van der Waals surface area contributed by atoms with Gasteiger partial charge in [0.05, 0.1) is 0 Å². The van der Waals surface area contributed by atoms with Crippen molar-refractivity contribution < 1.29 is 0 Å². The molecule has 0 saturated heterocycles. The van der Waals surface area contributed by atoms with Crippen LogP contribution in [0.4, 0.5) is 0 Å². The van der Waals surface area contributed by atoms with Crippen molar-refractivity contribution >= 4 is 11.6 Å². The molecule has 1 unspecified atom stereocenters. The van der Waals surface area contributed by atoms with Gasteiger partial charge >= 0.3 is 0 Å². The normalized spacial score (nSPS) is 20.5. The van der Waals surface area contributed by atoms with E-state index in [1.807, 2.05) is 12.1 Å². The van der Waals surface area contributed by atoms with Crippen LogP contribution < -0.4 is 0 Å². The fourth-order valence-electron chi connectivity index (χ4n) is 1.54. The zero-order valence-electron chi connectivity index (χ0n) is 7.50. The Hall–Kier alpha value is -1.01. The largest absolute Gasteiger partial charge is 0.0843 e. The van der Waals surface area contributed by atoms with Gasteiger partial charge in [-0.3, -0.25) is 0 Å². The molecule has 13 heavy (non-hydrogen) atoms. The monoisotopic (exact) mass is 190 g/mol. The third kappa shape index (κ3) is 1.84. The van der Waals surface area contributed by atoms with E-state index in [1.165, 1.54) is 11.1 Å². The molecule has 0 spiro atoms. The van der Waals surface area contributed by atoms with Crippen molar-refractivity contribution in [1.29, 1.82) is 0 Å². The van der Waals surface area contributed by atoms with Gasteiger partial charge in [0.2, 0.25) is 0 Å². The molecule has 1 atom stereocenters. The molecule has 1 aliphatic rings. The Labute approximate surface area is 83.5 Å². The van der Waals surface area contributed by atoms with E-state index in [0.29, 0.717) is 5.92 Å². The molecule has 1 aliphatic carbocycles. The highest BCUT2D eigenvalue weighted by Crippen LogP contribution is 2.26. The quantitative estimate of drug-likeness (QED) is 0.629. The molecule has 0 N–H and O–H groups in total. The van der Waals surface area contributed by atoms with Gasteiger partial charge in [-0.1, -0.05) is 47.5 Å². The van der Waals surface area contributed by atoms with Gasteiger partial charge in [-0.15, -0.1) is 0 Å². The molecule has 0 aromatic heterocycles. The summed E-state index contributed by atoms with van der Waals surface area (Å²) in [6.07, 6.45) is 6.61. The predicted octanol–water partition coefficient (Wildman–Crippen LogP) is 3.94. The van der Waals surface area contributed by atoms with Gasteiger partial charge in [0, 0.05) is 10.9 Å². The summed E-state index contributed by atoms with van der Waals surface area (Å²) in [5.74, 6) is 0.442. The zero-order chi connectivity index (χ0) is 9.26. The molecule has 0 heterocycles. The molecule has 0 amide bonds. The highest BCUT2D eigenvalue weighted by atomic mass is 35.5. The van der Waals surface area contributed by atoms with Gasteiger partial charge in [-0.05, 0) is 24.6 Å². The smallest absolute Gasteiger partial charge is 0.0406 e. The Bertz CT molecular complexity index is 357. The summed E-state index contributed by atoms with van der Waals surface area (Å²) >= 11 is 5.81. The molecule has 0 bridgehead atoms. The van der Waals surface area contributed by atoms with E-state index in [-0.39, 0.29) is 0 Å². The third-order valence-corrected chi connectivity index (χ3v) is 2.52. The van der Waals surface area contributed by atoms with Crippen LogP contribution in [0.3, 0.4) is 0 Å². The van der Waals surface area contributed by atoms with Crippen molar-refractivity contribution in [2.45, 2.75) is 12.8 Å². The molecule has 0 saturated carbocycles. The lowest BCUT2D eigenvalue weighted by Crippen LogP contribution is -1.87. The maximum Gasteiger partial charge on any atom is 0.0406 e. The number of benzene rings is 1. The fourth-order valence-corrected chi connectivity index (χ4v) is 1.67. The van der Waals surface area contributed by atoms with Crippen molar-refractivity contribution in [2.24, 2.45) is 0 Å². The topological polar surface area (TPSA) is 0 Å². The molecular weight excluding hydrogens is 180 g/mol. The molecule has 1 heteroatoms. The van der Waals surface area contributed by atoms with E-state index in [1.54, 1.807) is 0 Å². The van der Waals surface area contributed by atoms with Crippen LogP contribution >= 0.6 is 11.6 Å². The molecular formula is C12H11Cl. The van der Waals surface area contributed by atoms with Gasteiger partial charge in [0.1, 0.15) is 0 Å². The van der Waals surface area contributed by atoms with E-state index in [2.05, 4.69) is 37.3 Å². The second-order valence-corrected chi connectivity index (χ2v) is 3.78. The first-order valence-corrected chi connectivity index (χ1v) is 4.75. The molecule has 0 fully saturated rings. The summed E-state index contributed by atoms with van der Waals surface area (Å²) in [5.41, 5.74) is 2.64. The lowest BCUT2D eigenvalue weighted by molar-refractivity contribution is 1.10. The highest BCUT2D eigenvalue weighted by Gasteiger charge is 2.08. The fraction of sp³-hybridized carbons (Fsp3) is 0.167.